The summed E-state index contributed by atoms with van der Waals surface area (Å²) in [4.78, 5) is 18.2. The van der Waals surface area contributed by atoms with Gasteiger partial charge in [-0.1, -0.05) is 0 Å². The number of hydrogen-bond acceptors (Lipinski definition) is 8. The molecule has 21 heavy (non-hydrogen) atoms. The summed E-state index contributed by atoms with van der Waals surface area (Å²) < 4.78 is 5.40. The quantitative estimate of drug-likeness (QED) is 0.875. The van der Waals surface area contributed by atoms with Gasteiger partial charge in [0, 0.05) is 44.2 Å². The first-order chi connectivity index (χ1) is 10.3. The van der Waals surface area contributed by atoms with Crippen molar-refractivity contribution >= 4 is 29.6 Å². The van der Waals surface area contributed by atoms with E-state index in [1.54, 1.807) is 0 Å². The number of rotatable bonds is 3. The van der Waals surface area contributed by atoms with Crippen LogP contribution in [-0.4, -0.2) is 72.4 Å². The SMILES string of the molecule is CNc1nc(N2CCOCC2)nc(N2CCSCC2C)n1. The van der Waals surface area contributed by atoms with E-state index < -0.39 is 0 Å². The summed E-state index contributed by atoms with van der Waals surface area (Å²) in [6.45, 7) is 6.33. The fraction of sp³-hybridized carbons (Fsp3) is 0.769. The lowest BCUT2D eigenvalue weighted by Crippen LogP contribution is -2.42. The lowest BCUT2D eigenvalue weighted by molar-refractivity contribution is 0.122. The molecule has 0 aromatic carbocycles. The van der Waals surface area contributed by atoms with Crippen molar-refractivity contribution < 1.29 is 4.74 Å². The van der Waals surface area contributed by atoms with E-state index in [1.165, 1.54) is 0 Å². The smallest absolute Gasteiger partial charge is 0.232 e. The van der Waals surface area contributed by atoms with Crippen molar-refractivity contribution in [1.29, 1.82) is 0 Å². The van der Waals surface area contributed by atoms with E-state index in [1.807, 2.05) is 18.8 Å². The molecule has 0 radical (unpaired) electrons. The van der Waals surface area contributed by atoms with Gasteiger partial charge in [-0.05, 0) is 6.92 Å². The minimum absolute atomic E-state index is 0.452. The van der Waals surface area contributed by atoms with E-state index in [-0.39, 0.29) is 0 Å². The Morgan fingerprint density at radius 2 is 1.90 bits per heavy atom. The normalized spacial score (nSPS) is 23.2. The summed E-state index contributed by atoms with van der Waals surface area (Å²) in [6, 6.07) is 0.452. The third-order valence-corrected chi connectivity index (χ3v) is 4.94. The zero-order valence-electron chi connectivity index (χ0n) is 12.6. The van der Waals surface area contributed by atoms with Crippen molar-refractivity contribution in [2.24, 2.45) is 0 Å². The highest BCUT2D eigenvalue weighted by molar-refractivity contribution is 7.99. The summed E-state index contributed by atoms with van der Waals surface area (Å²) >= 11 is 1.99. The molecule has 0 amide bonds. The standard InChI is InChI=1S/C13H22N6OS/c1-10-9-21-8-5-19(10)13-16-11(14-2)15-12(17-13)18-3-6-20-7-4-18/h10H,3-9H2,1-2H3,(H,14,15,16,17). The summed E-state index contributed by atoms with van der Waals surface area (Å²) in [7, 11) is 1.84. The highest BCUT2D eigenvalue weighted by Gasteiger charge is 2.24. The molecule has 8 heteroatoms. The van der Waals surface area contributed by atoms with Crippen LogP contribution in [0.2, 0.25) is 0 Å². The molecule has 1 aromatic rings. The van der Waals surface area contributed by atoms with Crippen LogP contribution in [0.3, 0.4) is 0 Å². The van der Waals surface area contributed by atoms with Gasteiger partial charge in [0.05, 0.1) is 13.2 Å². The van der Waals surface area contributed by atoms with Crippen LogP contribution < -0.4 is 15.1 Å². The van der Waals surface area contributed by atoms with Gasteiger partial charge in [-0.25, -0.2) is 0 Å². The molecule has 2 aliphatic heterocycles. The molecule has 1 aromatic heterocycles. The molecule has 1 N–H and O–H groups in total. The maximum Gasteiger partial charge on any atom is 0.232 e. The number of nitrogens with one attached hydrogen (secondary N) is 1. The van der Waals surface area contributed by atoms with Gasteiger partial charge in [-0.2, -0.15) is 26.7 Å². The number of thioether (sulfide) groups is 1. The molecular weight excluding hydrogens is 288 g/mol. The maximum absolute atomic E-state index is 5.40. The molecule has 0 bridgehead atoms. The van der Waals surface area contributed by atoms with Crippen molar-refractivity contribution in [3.05, 3.63) is 0 Å². The first kappa shape index (κ1) is 14.6. The molecule has 2 fully saturated rings. The molecule has 0 saturated carbocycles. The van der Waals surface area contributed by atoms with E-state index >= 15 is 0 Å². The molecule has 2 aliphatic rings. The molecular formula is C13H22N6OS. The van der Waals surface area contributed by atoms with Crippen LogP contribution in [-0.2, 0) is 4.74 Å². The Hall–Kier alpha value is -1.28. The third kappa shape index (κ3) is 3.32. The number of aromatic nitrogens is 3. The number of ether oxygens (including phenoxy) is 1. The van der Waals surface area contributed by atoms with Crippen LogP contribution in [0.4, 0.5) is 17.8 Å². The van der Waals surface area contributed by atoms with Crippen LogP contribution in [0.15, 0.2) is 0 Å². The van der Waals surface area contributed by atoms with E-state index in [2.05, 4.69) is 32.0 Å². The van der Waals surface area contributed by atoms with E-state index in [4.69, 9.17) is 9.72 Å². The van der Waals surface area contributed by atoms with Crippen LogP contribution in [0, 0.1) is 0 Å². The van der Waals surface area contributed by atoms with Gasteiger partial charge < -0.3 is 19.9 Å². The Kier molecular flexibility index (Phi) is 4.64. The lowest BCUT2D eigenvalue weighted by atomic mass is 10.3. The summed E-state index contributed by atoms with van der Waals surface area (Å²) in [5, 5.41) is 3.05. The molecule has 2 saturated heterocycles. The Bertz CT molecular complexity index is 482. The van der Waals surface area contributed by atoms with Gasteiger partial charge in [0.15, 0.2) is 0 Å². The second-order valence-corrected chi connectivity index (χ2v) is 6.38. The fourth-order valence-electron chi connectivity index (χ4n) is 2.52. The van der Waals surface area contributed by atoms with Gasteiger partial charge in [0.2, 0.25) is 17.8 Å². The minimum Gasteiger partial charge on any atom is -0.378 e. The zero-order valence-corrected chi connectivity index (χ0v) is 13.4. The topological polar surface area (TPSA) is 66.4 Å². The summed E-state index contributed by atoms with van der Waals surface area (Å²) in [5.74, 6) is 4.40. The molecule has 116 valence electrons. The second kappa shape index (κ2) is 6.65. The van der Waals surface area contributed by atoms with E-state index in [9.17, 15) is 0 Å². The third-order valence-electron chi connectivity index (χ3n) is 3.75. The van der Waals surface area contributed by atoms with Gasteiger partial charge in [-0.3, -0.25) is 0 Å². The molecule has 0 aliphatic carbocycles. The number of morpholine rings is 1. The Morgan fingerprint density at radius 1 is 1.14 bits per heavy atom. The summed E-state index contributed by atoms with van der Waals surface area (Å²) in [6.07, 6.45) is 0. The highest BCUT2D eigenvalue weighted by atomic mass is 32.2. The molecule has 3 rings (SSSR count). The number of nitrogens with zero attached hydrogens (tertiary/aromatic N) is 5. The van der Waals surface area contributed by atoms with E-state index in [0.29, 0.717) is 12.0 Å². The molecule has 3 heterocycles. The summed E-state index contributed by atoms with van der Waals surface area (Å²) in [5.41, 5.74) is 0. The van der Waals surface area contributed by atoms with Crippen molar-refractivity contribution in [3.8, 4) is 0 Å². The Labute approximate surface area is 129 Å². The van der Waals surface area contributed by atoms with Crippen molar-refractivity contribution in [1.82, 2.24) is 15.0 Å². The molecule has 1 atom stereocenters. The van der Waals surface area contributed by atoms with Crippen molar-refractivity contribution in [2.45, 2.75) is 13.0 Å². The van der Waals surface area contributed by atoms with E-state index in [0.717, 1.165) is 56.3 Å². The number of hydrogen-bond donors (Lipinski definition) is 1. The van der Waals surface area contributed by atoms with Gasteiger partial charge in [0.25, 0.3) is 0 Å². The highest BCUT2D eigenvalue weighted by Crippen LogP contribution is 2.23. The van der Waals surface area contributed by atoms with Crippen molar-refractivity contribution in [3.63, 3.8) is 0 Å². The average molecular weight is 310 g/mol. The molecule has 0 spiro atoms. The fourth-order valence-corrected chi connectivity index (χ4v) is 3.54. The molecule has 7 nitrogen and oxygen atoms in total. The zero-order chi connectivity index (χ0) is 14.7. The van der Waals surface area contributed by atoms with Crippen LogP contribution in [0.5, 0.6) is 0 Å². The second-order valence-electron chi connectivity index (χ2n) is 5.23. The van der Waals surface area contributed by atoms with Gasteiger partial charge in [0.1, 0.15) is 0 Å². The average Bonchev–Trinajstić information content (AvgIpc) is 2.55. The predicted molar refractivity (Wildman–Crippen MR) is 86.5 cm³/mol. The van der Waals surface area contributed by atoms with Crippen molar-refractivity contribution in [2.75, 3.05) is 66.5 Å². The number of anilines is 3. The largest absolute Gasteiger partial charge is 0.378 e. The van der Waals surface area contributed by atoms with Crippen LogP contribution in [0.25, 0.3) is 0 Å². The predicted octanol–water partition coefficient (Wildman–Crippen LogP) is 0.692. The maximum atomic E-state index is 5.40. The first-order valence-electron chi connectivity index (χ1n) is 7.39. The van der Waals surface area contributed by atoms with Gasteiger partial charge >= 0.3 is 0 Å². The Morgan fingerprint density at radius 3 is 2.62 bits per heavy atom. The lowest BCUT2D eigenvalue weighted by Gasteiger charge is -2.34. The monoisotopic (exact) mass is 310 g/mol. The molecule has 1 unspecified atom stereocenters. The minimum atomic E-state index is 0.452. The van der Waals surface area contributed by atoms with Gasteiger partial charge in [-0.15, -0.1) is 0 Å². The van der Waals surface area contributed by atoms with Crippen LogP contribution >= 0.6 is 11.8 Å². The van der Waals surface area contributed by atoms with Crippen LogP contribution in [0.1, 0.15) is 6.92 Å². The Balaban J connectivity index is 1.88. The first-order valence-corrected chi connectivity index (χ1v) is 8.54.